The quantitative estimate of drug-likeness (QED) is 0.412. The van der Waals surface area contributed by atoms with Crippen molar-refractivity contribution in [3.05, 3.63) is 0 Å². The van der Waals surface area contributed by atoms with E-state index in [1.165, 1.54) is 25.2 Å². The molecule has 0 unspecified atom stereocenters. The van der Waals surface area contributed by atoms with Crippen LogP contribution in [0.2, 0.25) is 0 Å². The monoisotopic (exact) mass is 148 g/mol. The van der Waals surface area contributed by atoms with Gasteiger partial charge in [-0.05, 0) is 28.9 Å². The second-order valence-corrected chi connectivity index (χ2v) is 4.89. The molecule has 0 amide bonds. The largest absolute Gasteiger partial charge is 0.0650 e. The normalized spacial score (nSPS) is 12.8. The Morgan fingerprint density at radius 2 is 1.25 bits per heavy atom. The standard InChI is InChI=1S/C6H14P2/c1-3-5-7-8-6-4-2/h3-6H2,1-2H3. The van der Waals surface area contributed by atoms with Gasteiger partial charge < -0.3 is 0 Å². The van der Waals surface area contributed by atoms with E-state index in [9.17, 15) is 0 Å². The molecule has 0 aliphatic heterocycles. The molecular weight excluding hydrogens is 134 g/mol. The van der Waals surface area contributed by atoms with Crippen molar-refractivity contribution in [1.82, 2.24) is 0 Å². The van der Waals surface area contributed by atoms with Gasteiger partial charge in [0.2, 0.25) is 0 Å². The molecular formula is C6H14P2. The summed E-state index contributed by atoms with van der Waals surface area (Å²) in [4.78, 5) is 0. The first-order valence-corrected chi connectivity index (χ1v) is 6.11. The van der Waals surface area contributed by atoms with Crippen molar-refractivity contribution in [1.29, 1.82) is 0 Å². The van der Waals surface area contributed by atoms with Crippen LogP contribution in [0.5, 0.6) is 0 Å². The SMILES string of the molecule is CCC[P][P]CCC. The molecule has 0 saturated carbocycles. The number of rotatable bonds is 5. The van der Waals surface area contributed by atoms with E-state index in [4.69, 9.17) is 0 Å². The molecule has 0 N–H and O–H groups in total. The zero-order chi connectivity index (χ0) is 6.24. The van der Waals surface area contributed by atoms with Crippen LogP contribution < -0.4 is 0 Å². The van der Waals surface area contributed by atoms with Gasteiger partial charge in [0.1, 0.15) is 0 Å². The highest BCUT2D eigenvalue weighted by molar-refractivity contribution is 8.11. The molecule has 8 heavy (non-hydrogen) atoms. The van der Waals surface area contributed by atoms with Crippen molar-refractivity contribution in [2.24, 2.45) is 0 Å². The molecule has 0 fully saturated rings. The molecule has 0 rings (SSSR count). The summed E-state index contributed by atoms with van der Waals surface area (Å²) < 4.78 is 0. The van der Waals surface area contributed by atoms with Crippen molar-refractivity contribution < 1.29 is 0 Å². The first kappa shape index (κ1) is 8.86. The predicted molar refractivity (Wildman–Crippen MR) is 44.2 cm³/mol. The Morgan fingerprint density at radius 1 is 0.875 bits per heavy atom. The lowest BCUT2D eigenvalue weighted by molar-refractivity contribution is 1.10. The molecule has 0 aromatic heterocycles. The van der Waals surface area contributed by atoms with Gasteiger partial charge in [0.25, 0.3) is 0 Å². The molecule has 0 nitrogen and oxygen atoms in total. The highest BCUT2D eigenvalue weighted by Gasteiger charge is 1.84. The van der Waals surface area contributed by atoms with Gasteiger partial charge >= 0.3 is 0 Å². The molecule has 0 spiro atoms. The average Bonchev–Trinajstić information content (AvgIpc) is 1.81. The van der Waals surface area contributed by atoms with E-state index in [0.29, 0.717) is 0 Å². The predicted octanol–water partition coefficient (Wildman–Crippen LogP) is 3.61. The van der Waals surface area contributed by atoms with Crippen LogP contribution in [0.3, 0.4) is 0 Å². The second kappa shape index (κ2) is 7.86. The second-order valence-electron chi connectivity index (χ2n) is 1.73. The van der Waals surface area contributed by atoms with Gasteiger partial charge in [-0.15, -0.1) is 0 Å². The van der Waals surface area contributed by atoms with Crippen molar-refractivity contribution in [2.45, 2.75) is 26.7 Å². The van der Waals surface area contributed by atoms with Gasteiger partial charge in [-0.2, -0.15) is 0 Å². The average molecular weight is 148 g/mol. The first-order valence-electron chi connectivity index (χ1n) is 3.25. The summed E-state index contributed by atoms with van der Waals surface area (Å²) in [5.41, 5.74) is 0. The molecule has 0 atom stereocenters. The van der Waals surface area contributed by atoms with E-state index in [0.717, 1.165) is 0 Å². The third-order valence-electron chi connectivity index (χ3n) is 0.747. The smallest absolute Gasteiger partial charge is 0.0244 e. The fraction of sp³-hybridized carbons (Fsp3) is 1.00. The van der Waals surface area contributed by atoms with Gasteiger partial charge in [0.05, 0.1) is 0 Å². The minimum atomic E-state index is 1.35. The molecule has 0 aromatic carbocycles. The van der Waals surface area contributed by atoms with Crippen LogP contribution in [-0.4, -0.2) is 12.3 Å². The maximum atomic E-state index is 2.24. The Hall–Kier alpha value is 0.860. The van der Waals surface area contributed by atoms with Gasteiger partial charge in [0, 0.05) is 0 Å². The van der Waals surface area contributed by atoms with E-state index < -0.39 is 0 Å². The van der Waals surface area contributed by atoms with Gasteiger partial charge in [0.15, 0.2) is 0 Å². The summed E-state index contributed by atoms with van der Waals surface area (Å²) in [5.74, 6) is 0. The molecule has 0 saturated heterocycles. The van der Waals surface area contributed by atoms with Gasteiger partial charge in [-0.25, -0.2) is 0 Å². The highest BCUT2D eigenvalue weighted by Crippen LogP contribution is 2.36. The van der Waals surface area contributed by atoms with Gasteiger partial charge in [-0.1, -0.05) is 26.7 Å². The third-order valence-corrected chi connectivity index (χ3v) is 4.04. The van der Waals surface area contributed by atoms with Crippen LogP contribution in [0.1, 0.15) is 26.7 Å². The molecule has 48 valence electrons. The van der Waals surface area contributed by atoms with Crippen LogP contribution >= 0.6 is 16.5 Å². The lowest BCUT2D eigenvalue weighted by Gasteiger charge is -1.92. The molecule has 0 aliphatic rings. The summed E-state index contributed by atoms with van der Waals surface area (Å²) in [6, 6.07) is 0. The first-order chi connectivity index (χ1) is 3.91. The minimum Gasteiger partial charge on any atom is -0.0650 e. The summed E-state index contributed by atoms with van der Waals surface area (Å²) in [5, 5.41) is 0. The molecule has 0 bridgehead atoms. The van der Waals surface area contributed by atoms with E-state index in [1.54, 1.807) is 16.5 Å². The summed E-state index contributed by atoms with van der Waals surface area (Å²) >= 11 is 0. The summed E-state index contributed by atoms with van der Waals surface area (Å²) in [6.07, 6.45) is 5.47. The van der Waals surface area contributed by atoms with Crippen molar-refractivity contribution >= 4 is 16.5 Å². The van der Waals surface area contributed by atoms with Crippen molar-refractivity contribution in [3.63, 3.8) is 0 Å². The zero-order valence-corrected chi connectivity index (χ0v) is 7.51. The molecule has 0 heterocycles. The lowest BCUT2D eigenvalue weighted by atomic mass is 10.6. The topological polar surface area (TPSA) is 0 Å². The minimum absolute atomic E-state index is 1.35. The molecule has 2 heteroatoms. The summed E-state index contributed by atoms with van der Waals surface area (Å²) in [6.45, 7) is 4.49. The Labute approximate surface area is 56.3 Å². The van der Waals surface area contributed by atoms with Crippen LogP contribution in [0, 0.1) is 0 Å². The van der Waals surface area contributed by atoms with Crippen LogP contribution in [0.4, 0.5) is 0 Å². The van der Waals surface area contributed by atoms with E-state index in [2.05, 4.69) is 13.8 Å². The Balaban J connectivity index is 2.53. The van der Waals surface area contributed by atoms with Crippen LogP contribution in [0.15, 0.2) is 0 Å². The van der Waals surface area contributed by atoms with Crippen LogP contribution in [-0.2, 0) is 0 Å². The maximum Gasteiger partial charge on any atom is -0.0244 e. The fourth-order valence-corrected chi connectivity index (χ4v) is 3.07. The van der Waals surface area contributed by atoms with E-state index in [1.807, 2.05) is 0 Å². The molecule has 2 radical (unpaired) electrons. The van der Waals surface area contributed by atoms with E-state index >= 15 is 0 Å². The Kier molecular flexibility index (Phi) is 8.70. The zero-order valence-electron chi connectivity index (χ0n) is 5.72. The van der Waals surface area contributed by atoms with Crippen LogP contribution in [0.25, 0.3) is 0 Å². The van der Waals surface area contributed by atoms with E-state index in [-0.39, 0.29) is 0 Å². The Morgan fingerprint density at radius 3 is 1.50 bits per heavy atom. The third kappa shape index (κ3) is 6.86. The van der Waals surface area contributed by atoms with Crippen molar-refractivity contribution in [3.8, 4) is 0 Å². The fourth-order valence-electron chi connectivity index (χ4n) is 0.341. The summed E-state index contributed by atoms with van der Waals surface area (Å²) in [7, 11) is 3.26. The van der Waals surface area contributed by atoms with Crippen molar-refractivity contribution in [2.75, 3.05) is 12.3 Å². The molecule has 0 aliphatic carbocycles. The van der Waals surface area contributed by atoms with Gasteiger partial charge in [-0.3, -0.25) is 0 Å². The Bertz CT molecular complexity index is 31.5. The molecule has 0 aromatic rings. The maximum absolute atomic E-state index is 2.24. The lowest BCUT2D eigenvalue weighted by Crippen LogP contribution is -1.66. The number of hydrogen-bond acceptors (Lipinski definition) is 0. The number of hydrogen-bond donors (Lipinski definition) is 0. The highest BCUT2D eigenvalue weighted by atomic mass is 32.0.